The molecule has 1 saturated heterocycles. The van der Waals surface area contributed by atoms with Crippen molar-refractivity contribution in [1.29, 1.82) is 5.26 Å². The van der Waals surface area contributed by atoms with Crippen LogP contribution in [0.4, 0.5) is 10.5 Å². The number of nitriles is 1. The second kappa shape index (κ2) is 6.85. The number of carbonyl (C=O) groups excluding carboxylic acids is 3. The maximum Gasteiger partial charge on any atom is 0.335 e. The Bertz CT molecular complexity index is 1190. The van der Waals surface area contributed by atoms with E-state index in [9.17, 15) is 14.4 Å². The summed E-state index contributed by atoms with van der Waals surface area (Å²) in [5.74, 6) is -1.45. The standard InChI is InChI=1S/C21H14N4O3/c22-10-11-24-13-14(16-8-4-5-9-18(16)24)12-17-19(26)23-21(28)25(20(17)27)15-6-2-1-3-7-15/h1-9,12-13H,11H2,(H,23,26,28). The van der Waals surface area contributed by atoms with Crippen LogP contribution in [0.1, 0.15) is 5.56 Å². The number of para-hydroxylation sites is 2. The topological polar surface area (TPSA) is 95.2 Å². The van der Waals surface area contributed by atoms with Crippen molar-refractivity contribution in [3.05, 3.63) is 71.9 Å². The van der Waals surface area contributed by atoms with E-state index in [1.807, 2.05) is 24.3 Å². The number of imide groups is 2. The molecule has 4 rings (SSSR count). The van der Waals surface area contributed by atoms with Gasteiger partial charge in [0.05, 0.1) is 11.8 Å². The Morgan fingerprint density at radius 2 is 1.71 bits per heavy atom. The Kier molecular flexibility index (Phi) is 4.22. The van der Waals surface area contributed by atoms with Gasteiger partial charge in [0.1, 0.15) is 12.1 Å². The van der Waals surface area contributed by atoms with Gasteiger partial charge in [0, 0.05) is 22.7 Å². The van der Waals surface area contributed by atoms with Gasteiger partial charge < -0.3 is 4.57 Å². The molecule has 3 aromatic rings. The Balaban J connectivity index is 1.82. The lowest BCUT2D eigenvalue weighted by Crippen LogP contribution is -2.54. The van der Waals surface area contributed by atoms with Gasteiger partial charge in [0.15, 0.2) is 0 Å². The number of benzene rings is 2. The zero-order valence-corrected chi connectivity index (χ0v) is 14.6. The lowest BCUT2D eigenvalue weighted by atomic mass is 10.1. The first-order valence-corrected chi connectivity index (χ1v) is 8.51. The van der Waals surface area contributed by atoms with Gasteiger partial charge >= 0.3 is 6.03 Å². The van der Waals surface area contributed by atoms with Crippen molar-refractivity contribution in [1.82, 2.24) is 9.88 Å². The van der Waals surface area contributed by atoms with Crippen LogP contribution >= 0.6 is 0 Å². The Hall–Kier alpha value is -4.18. The molecule has 0 spiro atoms. The highest BCUT2D eigenvalue weighted by molar-refractivity contribution is 6.39. The third-order valence-corrected chi connectivity index (χ3v) is 4.48. The number of aromatic nitrogens is 1. The van der Waals surface area contributed by atoms with Crippen molar-refractivity contribution in [2.75, 3.05) is 4.90 Å². The largest absolute Gasteiger partial charge is 0.335 e. The average molecular weight is 370 g/mol. The summed E-state index contributed by atoms with van der Waals surface area (Å²) in [5.41, 5.74) is 1.65. The zero-order chi connectivity index (χ0) is 19.7. The molecule has 2 heterocycles. The monoisotopic (exact) mass is 370 g/mol. The SMILES string of the molecule is N#CCn1cc(C=C2C(=O)NC(=O)N(c3ccccc3)C2=O)c2ccccc21. The molecule has 0 aliphatic carbocycles. The summed E-state index contributed by atoms with van der Waals surface area (Å²) in [6, 6.07) is 17.1. The maximum absolute atomic E-state index is 12.9. The summed E-state index contributed by atoms with van der Waals surface area (Å²) in [7, 11) is 0. The van der Waals surface area contributed by atoms with Crippen molar-refractivity contribution in [3.8, 4) is 6.07 Å². The van der Waals surface area contributed by atoms with Crippen molar-refractivity contribution in [2.45, 2.75) is 6.54 Å². The van der Waals surface area contributed by atoms with E-state index < -0.39 is 17.8 Å². The van der Waals surface area contributed by atoms with Gasteiger partial charge in [-0.05, 0) is 24.3 Å². The van der Waals surface area contributed by atoms with Crippen LogP contribution < -0.4 is 10.2 Å². The van der Waals surface area contributed by atoms with Crippen molar-refractivity contribution < 1.29 is 14.4 Å². The van der Waals surface area contributed by atoms with Gasteiger partial charge in [-0.1, -0.05) is 36.4 Å². The minimum atomic E-state index is -0.787. The molecule has 1 aromatic heterocycles. The van der Waals surface area contributed by atoms with Crippen LogP contribution in [0.25, 0.3) is 17.0 Å². The molecule has 7 heteroatoms. The van der Waals surface area contributed by atoms with Crippen LogP contribution in [-0.4, -0.2) is 22.4 Å². The van der Waals surface area contributed by atoms with Crippen molar-refractivity contribution in [3.63, 3.8) is 0 Å². The van der Waals surface area contributed by atoms with E-state index in [2.05, 4.69) is 11.4 Å². The van der Waals surface area contributed by atoms with E-state index in [4.69, 9.17) is 5.26 Å². The van der Waals surface area contributed by atoms with Crippen LogP contribution in [0.3, 0.4) is 0 Å². The first-order chi connectivity index (χ1) is 13.6. The number of hydrogen-bond acceptors (Lipinski definition) is 4. The highest BCUT2D eigenvalue weighted by atomic mass is 16.2. The second-order valence-corrected chi connectivity index (χ2v) is 6.18. The predicted molar refractivity (Wildman–Crippen MR) is 103 cm³/mol. The first kappa shape index (κ1) is 17.2. The molecule has 28 heavy (non-hydrogen) atoms. The van der Waals surface area contributed by atoms with E-state index in [-0.39, 0.29) is 12.1 Å². The molecule has 1 aliphatic heterocycles. The molecule has 2 aromatic carbocycles. The summed E-state index contributed by atoms with van der Waals surface area (Å²) < 4.78 is 1.74. The maximum atomic E-state index is 12.9. The van der Waals surface area contributed by atoms with Gasteiger partial charge in [0.2, 0.25) is 0 Å². The quantitative estimate of drug-likeness (QED) is 0.566. The Labute approximate surface area is 160 Å². The highest BCUT2D eigenvalue weighted by Gasteiger charge is 2.36. The number of rotatable bonds is 3. The van der Waals surface area contributed by atoms with Gasteiger partial charge in [-0.15, -0.1) is 0 Å². The highest BCUT2D eigenvalue weighted by Crippen LogP contribution is 2.26. The molecule has 0 unspecified atom stereocenters. The predicted octanol–water partition coefficient (Wildman–Crippen LogP) is 2.83. The molecule has 1 fully saturated rings. The van der Waals surface area contributed by atoms with E-state index in [0.717, 1.165) is 15.8 Å². The number of nitrogens with one attached hydrogen (secondary N) is 1. The minimum Gasteiger partial charge on any atom is -0.333 e. The average Bonchev–Trinajstić information content (AvgIpc) is 3.04. The van der Waals surface area contributed by atoms with Crippen LogP contribution in [0.5, 0.6) is 0 Å². The van der Waals surface area contributed by atoms with Crippen molar-refractivity contribution >= 4 is 40.5 Å². The van der Waals surface area contributed by atoms with E-state index in [0.29, 0.717) is 11.3 Å². The molecule has 1 aliphatic rings. The fourth-order valence-electron chi connectivity index (χ4n) is 3.22. The fraction of sp³-hybridized carbons (Fsp3) is 0.0476. The number of nitrogens with zero attached hydrogens (tertiary/aromatic N) is 3. The van der Waals surface area contributed by atoms with E-state index in [1.54, 1.807) is 41.1 Å². The second-order valence-electron chi connectivity index (χ2n) is 6.18. The van der Waals surface area contributed by atoms with E-state index >= 15 is 0 Å². The fourth-order valence-corrected chi connectivity index (χ4v) is 3.22. The first-order valence-electron chi connectivity index (χ1n) is 8.51. The zero-order valence-electron chi connectivity index (χ0n) is 14.6. The number of urea groups is 1. The molecular weight excluding hydrogens is 356 g/mol. The number of carbonyl (C=O) groups is 3. The molecule has 136 valence electrons. The molecule has 4 amide bonds. The lowest BCUT2D eigenvalue weighted by molar-refractivity contribution is -0.122. The molecule has 7 nitrogen and oxygen atoms in total. The third-order valence-electron chi connectivity index (χ3n) is 4.48. The molecule has 0 saturated carbocycles. The Morgan fingerprint density at radius 1 is 1.00 bits per heavy atom. The summed E-state index contributed by atoms with van der Waals surface area (Å²) >= 11 is 0. The summed E-state index contributed by atoms with van der Waals surface area (Å²) in [6.07, 6.45) is 3.17. The number of hydrogen-bond donors (Lipinski definition) is 1. The van der Waals surface area contributed by atoms with Gasteiger partial charge in [-0.25, -0.2) is 9.69 Å². The van der Waals surface area contributed by atoms with Gasteiger partial charge in [-0.2, -0.15) is 5.26 Å². The van der Waals surface area contributed by atoms with Gasteiger partial charge in [0.25, 0.3) is 11.8 Å². The normalized spacial score (nSPS) is 15.8. The van der Waals surface area contributed by atoms with Crippen LogP contribution in [0, 0.1) is 11.3 Å². The number of anilines is 1. The summed E-state index contributed by atoms with van der Waals surface area (Å²) in [6.45, 7) is 0.137. The third kappa shape index (κ3) is 2.83. The molecular formula is C21H14N4O3. The van der Waals surface area contributed by atoms with E-state index in [1.165, 1.54) is 6.08 Å². The molecule has 1 N–H and O–H groups in total. The number of barbiturate groups is 1. The van der Waals surface area contributed by atoms with Crippen LogP contribution in [0.15, 0.2) is 66.4 Å². The summed E-state index contributed by atoms with van der Waals surface area (Å²) in [4.78, 5) is 38.4. The summed E-state index contributed by atoms with van der Waals surface area (Å²) in [5, 5.41) is 12.0. The van der Waals surface area contributed by atoms with Crippen LogP contribution in [-0.2, 0) is 16.1 Å². The van der Waals surface area contributed by atoms with Gasteiger partial charge in [-0.3, -0.25) is 14.9 Å². The lowest BCUT2D eigenvalue weighted by Gasteiger charge is -2.26. The van der Waals surface area contributed by atoms with Crippen LogP contribution in [0.2, 0.25) is 0 Å². The smallest absolute Gasteiger partial charge is 0.333 e. The Morgan fingerprint density at radius 3 is 2.46 bits per heavy atom. The van der Waals surface area contributed by atoms with Crippen molar-refractivity contribution in [2.24, 2.45) is 0 Å². The number of amides is 4. The minimum absolute atomic E-state index is 0.137. The number of fused-ring (bicyclic) bond motifs is 1. The molecule has 0 bridgehead atoms. The molecule has 0 radical (unpaired) electrons. The molecule has 0 atom stereocenters.